The summed E-state index contributed by atoms with van der Waals surface area (Å²) in [5, 5.41) is 3.10. The summed E-state index contributed by atoms with van der Waals surface area (Å²) >= 11 is 1.66. The summed E-state index contributed by atoms with van der Waals surface area (Å²) in [6.07, 6.45) is 2.67. The van der Waals surface area contributed by atoms with Gasteiger partial charge in [-0.1, -0.05) is 6.07 Å². The van der Waals surface area contributed by atoms with Crippen molar-refractivity contribution in [2.24, 2.45) is 5.73 Å². The van der Waals surface area contributed by atoms with Gasteiger partial charge in [0.15, 0.2) is 0 Å². The zero-order chi connectivity index (χ0) is 11.4. The maximum absolute atomic E-state index is 5.73. The average Bonchev–Trinajstić information content (AvgIpc) is 2.82. The van der Waals surface area contributed by atoms with Gasteiger partial charge in [-0.2, -0.15) is 0 Å². The molecule has 0 spiro atoms. The van der Waals surface area contributed by atoms with Crippen LogP contribution in [0.3, 0.4) is 0 Å². The van der Waals surface area contributed by atoms with Crippen molar-refractivity contribution >= 4 is 11.3 Å². The SMILES string of the molecule is COc1ccc(Cc2nccs2)c(CN)c1. The van der Waals surface area contributed by atoms with E-state index in [1.165, 1.54) is 5.56 Å². The molecule has 1 aromatic carbocycles. The normalized spacial score (nSPS) is 10.4. The molecule has 0 unspecified atom stereocenters. The van der Waals surface area contributed by atoms with E-state index < -0.39 is 0 Å². The molecule has 0 radical (unpaired) electrons. The van der Waals surface area contributed by atoms with Crippen molar-refractivity contribution in [3.8, 4) is 5.75 Å². The summed E-state index contributed by atoms with van der Waals surface area (Å²) in [6, 6.07) is 6.01. The summed E-state index contributed by atoms with van der Waals surface area (Å²) in [6.45, 7) is 0.526. The van der Waals surface area contributed by atoms with E-state index in [9.17, 15) is 0 Å². The van der Waals surface area contributed by atoms with Crippen molar-refractivity contribution in [3.05, 3.63) is 45.9 Å². The van der Waals surface area contributed by atoms with E-state index in [-0.39, 0.29) is 0 Å². The number of hydrogen-bond acceptors (Lipinski definition) is 4. The number of nitrogens with zero attached hydrogens (tertiary/aromatic N) is 1. The zero-order valence-electron chi connectivity index (χ0n) is 9.14. The predicted molar refractivity (Wildman–Crippen MR) is 65.8 cm³/mol. The van der Waals surface area contributed by atoms with Gasteiger partial charge < -0.3 is 10.5 Å². The van der Waals surface area contributed by atoms with E-state index in [4.69, 9.17) is 10.5 Å². The molecule has 0 bridgehead atoms. The van der Waals surface area contributed by atoms with Gasteiger partial charge in [0.2, 0.25) is 0 Å². The molecule has 0 aliphatic carbocycles. The van der Waals surface area contributed by atoms with Crippen LogP contribution in [0.15, 0.2) is 29.8 Å². The van der Waals surface area contributed by atoms with Crippen molar-refractivity contribution in [1.29, 1.82) is 0 Å². The van der Waals surface area contributed by atoms with E-state index in [2.05, 4.69) is 11.1 Å². The fourth-order valence-corrected chi connectivity index (χ4v) is 2.23. The topological polar surface area (TPSA) is 48.1 Å². The Hall–Kier alpha value is -1.39. The first-order chi connectivity index (χ1) is 7.83. The molecule has 1 aromatic heterocycles. The number of rotatable bonds is 4. The van der Waals surface area contributed by atoms with Crippen molar-refractivity contribution in [2.75, 3.05) is 7.11 Å². The van der Waals surface area contributed by atoms with E-state index in [0.717, 1.165) is 22.7 Å². The quantitative estimate of drug-likeness (QED) is 0.882. The lowest BCUT2D eigenvalue weighted by Gasteiger charge is -2.08. The Morgan fingerprint density at radius 1 is 1.38 bits per heavy atom. The number of hydrogen-bond donors (Lipinski definition) is 1. The van der Waals surface area contributed by atoms with Crippen LogP contribution in [-0.2, 0) is 13.0 Å². The van der Waals surface area contributed by atoms with Gasteiger partial charge in [0.1, 0.15) is 5.75 Å². The maximum atomic E-state index is 5.73. The Labute approximate surface area is 98.9 Å². The van der Waals surface area contributed by atoms with Gasteiger partial charge in [-0.15, -0.1) is 11.3 Å². The molecule has 1 heterocycles. The molecule has 0 amide bonds. The van der Waals surface area contributed by atoms with Crippen molar-refractivity contribution in [2.45, 2.75) is 13.0 Å². The highest BCUT2D eigenvalue weighted by Crippen LogP contribution is 2.20. The Morgan fingerprint density at radius 2 is 2.25 bits per heavy atom. The second kappa shape index (κ2) is 5.09. The molecule has 0 fully saturated rings. The smallest absolute Gasteiger partial charge is 0.119 e. The van der Waals surface area contributed by atoms with Gasteiger partial charge in [0.25, 0.3) is 0 Å². The van der Waals surface area contributed by atoms with Crippen LogP contribution in [0.2, 0.25) is 0 Å². The molecular weight excluding hydrogens is 220 g/mol. The second-order valence-electron chi connectivity index (χ2n) is 3.44. The van der Waals surface area contributed by atoms with E-state index in [1.54, 1.807) is 18.4 Å². The third-order valence-corrected chi connectivity index (χ3v) is 3.24. The lowest BCUT2D eigenvalue weighted by Crippen LogP contribution is -2.02. The highest BCUT2D eigenvalue weighted by molar-refractivity contribution is 7.09. The largest absolute Gasteiger partial charge is 0.497 e. The fraction of sp³-hybridized carbons (Fsp3) is 0.250. The first-order valence-electron chi connectivity index (χ1n) is 5.07. The highest BCUT2D eigenvalue weighted by Gasteiger charge is 2.05. The van der Waals surface area contributed by atoms with E-state index in [0.29, 0.717) is 6.54 Å². The zero-order valence-corrected chi connectivity index (χ0v) is 9.96. The predicted octanol–water partition coefficient (Wildman–Crippen LogP) is 2.20. The van der Waals surface area contributed by atoms with Crippen LogP contribution in [0, 0.1) is 0 Å². The number of benzene rings is 1. The molecule has 0 atom stereocenters. The van der Waals surface area contributed by atoms with Gasteiger partial charge in [-0.3, -0.25) is 0 Å². The Balaban J connectivity index is 2.26. The molecule has 84 valence electrons. The summed E-state index contributed by atoms with van der Waals surface area (Å²) in [7, 11) is 1.66. The minimum Gasteiger partial charge on any atom is -0.497 e. The number of aromatic nitrogens is 1. The Kier molecular flexibility index (Phi) is 3.54. The van der Waals surface area contributed by atoms with Crippen LogP contribution in [-0.4, -0.2) is 12.1 Å². The van der Waals surface area contributed by atoms with Gasteiger partial charge in [0, 0.05) is 24.5 Å². The van der Waals surface area contributed by atoms with Gasteiger partial charge in [-0.05, 0) is 23.3 Å². The average molecular weight is 234 g/mol. The van der Waals surface area contributed by atoms with Crippen molar-refractivity contribution in [1.82, 2.24) is 4.98 Å². The molecule has 0 saturated carbocycles. The molecule has 16 heavy (non-hydrogen) atoms. The van der Waals surface area contributed by atoms with Crippen LogP contribution in [0.1, 0.15) is 16.1 Å². The van der Waals surface area contributed by atoms with Gasteiger partial charge in [-0.25, -0.2) is 4.98 Å². The molecule has 0 aliphatic heterocycles. The molecule has 4 heteroatoms. The summed E-state index contributed by atoms with van der Waals surface area (Å²) in [4.78, 5) is 4.28. The summed E-state index contributed by atoms with van der Waals surface area (Å²) in [5.74, 6) is 0.850. The Bertz CT molecular complexity index is 454. The van der Waals surface area contributed by atoms with Crippen molar-refractivity contribution in [3.63, 3.8) is 0 Å². The summed E-state index contributed by atoms with van der Waals surface area (Å²) in [5.41, 5.74) is 8.07. The van der Waals surface area contributed by atoms with Crippen LogP contribution in [0.4, 0.5) is 0 Å². The first kappa shape index (κ1) is 11.1. The maximum Gasteiger partial charge on any atom is 0.119 e. The van der Waals surface area contributed by atoms with Gasteiger partial charge in [0.05, 0.1) is 12.1 Å². The monoisotopic (exact) mass is 234 g/mol. The standard InChI is InChI=1S/C12H14N2OS/c1-15-11-3-2-9(10(6-11)8-13)7-12-14-4-5-16-12/h2-6H,7-8,13H2,1H3. The highest BCUT2D eigenvalue weighted by atomic mass is 32.1. The minimum absolute atomic E-state index is 0.526. The molecule has 2 N–H and O–H groups in total. The molecule has 3 nitrogen and oxygen atoms in total. The molecule has 0 saturated heterocycles. The van der Waals surface area contributed by atoms with Crippen LogP contribution >= 0.6 is 11.3 Å². The fourth-order valence-electron chi connectivity index (χ4n) is 1.59. The third kappa shape index (κ3) is 2.40. The van der Waals surface area contributed by atoms with Crippen molar-refractivity contribution < 1.29 is 4.74 Å². The summed E-state index contributed by atoms with van der Waals surface area (Å²) < 4.78 is 5.18. The lowest BCUT2D eigenvalue weighted by molar-refractivity contribution is 0.414. The molecule has 2 aromatic rings. The number of ether oxygens (including phenoxy) is 1. The van der Waals surface area contributed by atoms with Gasteiger partial charge >= 0.3 is 0 Å². The molecule has 0 aliphatic rings. The van der Waals surface area contributed by atoms with Crippen LogP contribution in [0.5, 0.6) is 5.75 Å². The third-order valence-electron chi connectivity index (χ3n) is 2.46. The molecular formula is C12H14N2OS. The second-order valence-corrected chi connectivity index (χ2v) is 4.42. The van der Waals surface area contributed by atoms with E-state index >= 15 is 0 Å². The van der Waals surface area contributed by atoms with E-state index in [1.807, 2.05) is 23.7 Å². The molecule has 2 rings (SSSR count). The Morgan fingerprint density at radius 3 is 2.88 bits per heavy atom. The number of thiazole rings is 1. The number of nitrogens with two attached hydrogens (primary N) is 1. The lowest BCUT2D eigenvalue weighted by atomic mass is 10.0. The number of methoxy groups -OCH3 is 1. The van der Waals surface area contributed by atoms with Crippen LogP contribution < -0.4 is 10.5 Å². The minimum atomic E-state index is 0.526. The first-order valence-corrected chi connectivity index (χ1v) is 5.95. The van der Waals surface area contributed by atoms with Crippen LogP contribution in [0.25, 0.3) is 0 Å².